The van der Waals surface area contributed by atoms with E-state index in [1.165, 1.54) is 0 Å². The van der Waals surface area contributed by atoms with E-state index in [1.807, 2.05) is 23.1 Å². The number of hydrogen-bond donors (Lipinski definition) is 1. The summed E-state index contributed by atoms with van der Waals surface area (Å²) < 4.78 is 0.933. The molecule has 1 saturated heterocycles. The average Bonchev–Trinajstić information content (AvgIpc) is 2.70. The topological polar surface area (TPSA) is 40.5 Å². The monoisotopic (exact) mass is 317 g/mol. The maximum Gasteiger partial charge on any atom is 0.320 e. The zero-order valence-electron chi connectivity index (χ0n) is 9.20. The summed E-state index contributed by atoms with van der Waals surface area (Å²) in [6.07, 6.45) is 1.66. The van der Waals surface area contributed by atoms with Crippen molar-refractivity contribution in [3.8, 4) is 0 Å². The summed E-state index contributed by atoms with van der Waals surface area (Å²) >= 11 is 9.48. The molecule has 17 heavy (non-hydrogen) atoms. The van der Waals surface area contributed by atoms with Crippen molar-refractivity contribution < 1.29 is 9.90 Å². The summed E-state index contributed by atoms with van der Waals surface area (Å²) in [5.41, 5.74) is 0.975. The van der Waals surface area contributed by atoms with Gasteiger partial charge in [-0.05, 0) is 37.1 Å². The molecule has 1 fully saturated rings. The molecule has 0 aliphatic carbocycles. The van der Waals surface area contributed by atoms with Gasteiger partial charge in [0, 0.05) is 16.0 Å². The quantitative estimate of drug-likeness (QED) is 0.930. The Morgan fingerprint density at radius 2 is 2.35 bits per heavy atom. The van der Waals surface area contributed by atoms with Gasteiger partial charge in [0.15, 0.2) is 0 Å². The van der Waals surface area contributed by atoms with Crippen LogP contribution in [0.1, 0.15) is 18.4 Å². The average molecular weight is 319 g/mol. The number of carboxylic acid groups (broad SMARTS) is 1. The van der Waals surface area contributed by atoms with Crippen LogP contribution in [0, 0.1) is 0 Å². The van der Waals surface area contributed by atoms with Crippen molar-refractivity contribution in [2.24, 2.45) is 0 Å². The first kappa shape index (κ1) is 12.9. The highest BCUT2D eigenvalue weighted by Crippen LogP contribution is 2.26. The van der Waals surface area contributed by atoms with Crippen molar-refractivity contribution in [3.05, 3.63) is 33.3 Å². The fourth-order valence-electron chi connectivity index (χ4n) is 2.16. The number of hydrogen-bond acceptors (Lipinski definition) is 2. The second kappa shape index (κ2) is 5.38. The molecule has 0 aromatic heterocycles. The van der Waals surface area contributed by atoms with Crippen molar-refractivity contribution in [2.45, 2.75) is 25.4 Å². The third kappa shape index (κ3) is 3.00. The van der Waals surface area contributed by atoms with Gasteiger partial charge in [-0.15, -0.1) is 0 Å². The Hall–Kier alpha value is -0.580. The van der Waals surface area contributed by atoms with E-state index >= 15 is 0 Å². The smallest absolute Gasteiger partial charge is 0.320 e. The standard InChI is InChI=1S/C12H13BrClNO2/c13-9-4-3-8(10(14)6-9)7-15-5-1-2-11(15)12(16)17/h3-4,6,11H,1-2,5,7H2,(H,16,17). The fourth-order valence-corrected chi connectivity index (χ4v) is 2.90. The van der Waals surface area contributed by atoms with Crippen LogP contribution in [0.3, 0.4) is 0 Å². The third-order valence-electron chi connectivity index (χ3n) is 3.04. The highest BCUT2D eigenvalue weighted by atomic mass is 79.9. The van der Waals surface area contributed by atoms with Crippen molar-refractivity contribution in [1.82, 2.24) is 4.90 Å². The number of likely N-dealkylation sites (tertiary alicyclic amines) is 1. The molecule has 0 radical (unpaired) electrons. The van der Waals surface area contributed by atoms with Crippen LogP contribution in [0.2, 0.25) is 5.02 Å². The number of benzene rings is 1. The molecule has 1 atom stereocenters. The summed E-state index contributed by atoms with van der Waals surface area (Å²) in [5.74, 6) is -0.740. The SMILES string of the molecule is O=C(O)C1CCCN1Cc1ccc(Br)cc1Cl. The normalized spacial score (nSPS) is 20.7. The van der Waals surface area contributed by atoms with Crippen LogP contribution in [-0.4, -0.2) is 28.6 Å². The molecule has 1 N–H and O–H groups in total. The molecule has 3 nitrogen and oxygen atoms in total. The molecular weight excluding hydrogens is 305 g/mol. The molecule has 2 rings (SSSR count). The minimum absolute atomic E-state index is 0.366. The van der Waals surface area contributed by atoms with Crippen LogP contribution in [0.5, 0.6) is 0 Å². The predicted octanol–water partition coefficient (Wildman–Crippen LogP) is 3.15. The molecule has 0 bridgehead atoms. The lowest BCUT2D eigenvalue weighted by molar-refractivity contribution is -0.142. The summed E-state index contributed by atoms with van der Waals surface area (Å²) in [4.78, 5) is 13.0. The summed E-state index contributed by atoms with van der Waals surface area (Å²) in [5, 5.41) is 9.77. The Bertz CT molecular complexity index is 439. The number of carbonyl (C=O) groups is 1. The van der Waals surface area contributed by atoms with Crippen LogP contribution >= 0.6 is 27.5 Å². The second-order valence-electron chi connectivity index (χ2n) is 4.20. The summed E-state index contributed by atoms with van der Waals surface area (Å²) in [6, 6.07) is 5.33. The van der Waals surface area contributed by atoms with Gasteiger partial charge in [0.2, 0.25) is 0 Å². The Balaban J connectivity index is 2.12. The number of aliphatic carboxylic acids is 1. The van der Waals surface area contributed by atoms with Gasteiger partial charge in [-0.1, -0.05) is 33.6 Å². The lowest BCUT2D eigenvalue weighted by atomic mass is 10.2. The van der Waals surface area contributed by atoms with Gasteiger partial charge in [0.05, 0.1) is 0 Å². The first-order valence-corrected chi connectivity index (χ1v) is 6.66. The van der Waals surface area contributed by atoms with E-state index in [9.17, 15) is 4.79 Å². The second-order valence-corrected chi connectivity index (χ2v) is 5.53. The first-order valence-electron chi connectivity index (χ1n) is 5.48. The summed E-state index contributed by atoms with van der Waals surface area (Å²) in [6.45, 7) is 1.42. The van der Waals surface area contributed by atoms with Crippen LogP contribution in [0.25, 0.3) is 0 Å². The Labute approximate surface area is 114 Å². The number of rotatable bonds is 3. The molecule has 1 heterocycles. The molecule has 0 spiro atoms. The van der Waals surface area contributed by atoms with Gasteiger partial charge in [-0.25, -0.2) is 0 Å². The maximum atomic E-state index is 11.1. The fraction of sp³-hybridized carbons (Fsp3) is 0.417. The molecule has 1 unspecified atom stereocenters. The van der Waals surface area contributed by atoms with E-state index in [1.54, 1.807) is 0 Å². The zero-order chi connectivity index (χ0) is 12.4. The molecule has 92 valence electrons. The third-order valence-corrected chi connectivity index (χ3v) is 3.88. The molecule has 0 amide bonds. The first-order chi connectivity index (χ1) is 8.08. The lowest BCUT2D eigenvalue weighted by Crippen LogP contribution is -2.35. The maximum absolute atomic E-state index is 11.1. The Morgan fingerprint density at radius 3 is 3.00 bits per heavy atom. The Kier molecular flexibility index (Phi) is 4.07. The van der Waals surface area contributed by atoms with Gasteiger partial charge >= 0.3 is 5.97 Å². The number of carboxylic acids is 1. The Morgan fingerprint density at radius 1 is 1.59 bits per heavy atom. The predicted molar refractivity (Wildman–Crippen MR) is 70.2 cm³/mol. The van der Waals surface area contributed by atoms with E-state index in [4.69, 9.17) is 16.7 Å². The van der Waals surface area contributed by atoms with Crippen molar-refractivity contribution in [3.63, 3.8) is 0 Å². The highest BCUT2D eigenvalue weighted by Gasteiger charge is 2.30. The summed E-state index contributed by atoms with van der Waals surface area (Å²) in [7, 11) is 0. The van der Waals surface area contributed by atoms with E-state index in [0.29, 0.717) is 11.6 Å². The lowest BCUT2D eigenvalue weighted by Gasteiger charge is -2.21. The minimum atomic E-state index is -0.740. The number of halogens is 2. The molecule has 5 heteroatoms. The van der Waals surface area contributed by atoms with Gasteiger partial charge in [-0.3, -0.25) is 9.69 Å². The van der Waals surface area contributed by atoms with Crippen LogP contribution in [0.4, 0.5) is 0 Å². The molecule has 1 aromatic carbocycles. The van der Waals surface area contributed by atoms with E-state index in [0.717, 1.165) is 29.4 Å². The zero-order valence-corrected chi connectivity index (χ0v) is 11.5. The highest BCUT2D eigenvalue weighted by molar-refractivity contribution is 9.10. The molecule has 1 aliphatic rings. The van der Waals surface area contributed by atoms with E-state index < -0.39 is 5.97 Å². The molecule has 0 saturated carbocycles. The minimum Gasteiger partial charge on any atom is -0.480 e. The van der Waals surface area contributed by atoms with Gasteiger partial charge in [-0.2, -0.15) is 0 Å². The largest absolute Gasteiger partial charge is 0.480 e. The van der Waals surface area contributed by atoms with Gasteiger partial charge in [0.25, 0.3) is 0 Å². The van der Waals surface area contributed by atoms with Gasteiger partial charge < -0.3 is 5.11 Å². The van der Waals surface area contributed by atoms with E-state index in [-0.39, 0.29) is 6.04 Å². The van der Waals surface area contributed by atoms with Crippen molar-refractivity contribution in [2.75, 3.05) is 6.54 Å². The van der Waals surface area contributed by atoms with Crippen LogP contribution in [-0.2, 0) is 11.3 Å². The van der Waals surface area contributed by atoms with Gasteiger partial charge in [0.1, 0.15) is 6.04 Å². The number of nitrogens with zero attached hydrogens (tertiary/aromatic N) is 1. The van der Waals surface area contributed by atoms with Crippen LogP contribution < -0.4 is 0 Å². The van der Waals surface area contributed by atoms with Crippen molar-refractivity contribution in [1.29, 1.82) is 0 Å². The molecular formula is C12H13BrClNO2. The van der Waals surface area contributed by atoms with Crippen molar-refractivity contribution >= 4 is 33.5 Å². The van der Waals surface area contributed by atoms with E-state index in [2.05, 4.69) is 15.9 Å². The molecule has 1 aliphatic heterocycles. The molecule has 1 aromatic rings. The van der Waals surface area contributed by atoms with Crippen LogP contribution in [0.15, 0.2) is 22.7 Å².